The van der Waals surface area contributed by atoms with E-state index in [9.17, 15) is 5.11 Å². The number of hydrogen-bond donors (Lipinski definition) is 1. The van der Waals surface area contributed by atoms with E-state index in [0.717, 1.165) is 48.3 Å². The maximum Gasteiger partial charge on any atom is 0.0639 e. The predicted molar refractivity (Wildman–Crippen MR) is 127 cm³/mol. The highest BCUT2D eigenvalue weighted by molar-refractivity contribution is 5.11. The number of aliphatic hydroxyl groups excluding tert-OH is 1. The lowest BCUT2D eigenvalue weighted by Crippen LogP contribution is -2.56. The summed E-state index contributed by atoms with van der Waals surface area (Å²) in [5, 5.41) is 14.6. The Balaban J connectivity index is 1.49. The van der Waals surface area contributed by atoms with Crippen LogP contribution in [0.5, 0.6) is 0 Å². The fourth-order valence-corrected chi connectivity index (χ4v) is 9.48. The molecule has 176 valence electrons. The van der Waals surface area contributed by atoms with Gasteiger partial charge in [0.15, 0.2) is 0 Å². The third-order valence-electron chi connectivity index (χ3n) is 11.1. The van der Waals surface area contributed by atoms with Crippen molar-refractivity contribution in [3.05, 3.63) is 10.4 Å². The lowest BCUT2D eigenvalue weighted by molar-refractivity contribution is -0.133. The maximum absolute atomic E-state index is 10.6. The Kier molecular flexibility index (Phi) is 6.73. The average Bonchev–Trinajstić information content (AvgIpc) is 3.06. The first-order chi connectivity index (χ1) is 14.7. The Morgan fingerprint density at radius 3 is 2.45 bits per heavy atom. The first-order valence-corrected chi connectivity index (χ1v) is 13.4. The summed E-state index contributed by atoms with van der Waals surface area (Å²) in [6.07, 6.45) is 13.7. The second-order valence-corrected chi connectivity index (χ2v) is 13.0. The van der Waals surface area contributed by atoms with Gasteiger partial charge in [-0.25, -0.2) is 0 Å². The molecule has 0 aromatic carbocycles. The summed E-state index contributed by atoms with van der Waals surface area (Å²) in [7, 11) is 0. The minimum Gasteiger partial charge on any atom is -0.393 e. The second-order valence-electron chi connectivity index (χ2n) is 13.0. The lowest BCUT2D eigenvalue weighted by Gasteiger charge is -2.62. The molecular formula is C27H47N3O. The van der Waals surface area contributed by atoms with Crippen molar-refractivity contribution in [3.8, 4) is 0 Å². The van der Waals surface area contributed by atoms with Gasteiger partial charge in [0.05, 0.1) is 12.1 Å². The molecule has 0 saturated heterocycles. The van der Waals surface area contributed by atoms with E-state index in [-0.39, 0.29) is 11.5 Å². The molecule has 4 rings (SSSR count). The van der Waals surface area contributed by atoms with Gasteiger partial charge >= 0.3 is 0 Å². The average molecular weight is 430 g/mol. The van der Waals surface area contributed by atoms with Crippen molar-refractivity contribution < 1.29 is 5.11 Å². The highest BCUT2D eigenvalue weighted by Gasteiger charge is 2.61. The molecule has 1 N–H and O–H groups in total. The van der Waals surface area contributed by atoms with Gasteiger partial charge in [-0.1, -0.05) is 59.0 Å². The Bertz CT molecular complexity index is 688. The summed E-state index contributed by atoms with van der Waals surface area (Å²) < 4.78 is 0. The summed E-state index contributed by atoms with van der Waals surface area (Å²) >= 11 is 0. The highest BCUT2D eigenvalue weighted by atomic mass is 16.3. The van der Waals surface area contributed by atoms with Crippen molar-refractivity contribution in [2.45, 2.75) is 117 Å². The molecule has 0 aliphatic heterocycles. The van der Waals surface area contributed by atoms with Crippen LogP contribution in [0.1, 0.15) is 105 Å². The van der Waals surface area contributed by atoms with Gasteiger partial charge in [-0.05, 0) is 109 Å². The quantitative estimate of drug-likeness (QED) is 0.261. The Hall–Kier alpha value is -0.730. The van der Waals surface area contributed by atoms with E-state index in [4.69, 9.17) is 5.53 Å². The summed E-state index contributed by atoms with van der Waals surface area (Å²) in [4.78, 5) is 3.08. The first kappa shape index (κ1) is 23.4. The van der Waals surface area contributed by atoms with Gasteiger partial charge < -0.3 is 5.11 Å². The van der Waals surface area contributed by atoms with E-state index in [2.05, 4.69) is 44.6 Å². The summed E-state index contributed by atoms with van der Waals surface area (Å²) in [6.45, 7) is 12.4. The van der Waals surface area contributed by atoms with Crippen LogP contribution in [0.4, 0.5) is 0 Å². The molecule has 4 fully saturated rings. The second kappa shape index (κ2) is 8.90. The van der Waals surface area contributed by atoms with Crippen LogP contribution in [0, 0.1) is 52.3 Å². The van der Waals surface area contributed by atoms with Crippen LogP contribution >= 0.6 is 0 Å². The molecule has 0 spiro atoms. The Labute approximate surface area is 190 Å². The van der Waals surface area contributed by atoms with Crippen LogP contribution < -0.4 is 0 Å². The van der Waals surface area contributed by atoms with E-state index in [1.807, 2.05) is 0 Å². The number of hydrogen-bond acceptors (Lipinski definition) is 2. The molecule has 4 saturated carbocycles. The number of nitrogens with zero attached hydrogens (tertiary/aromatic N) is 3. The molecule has 10 atom stereocenters. The number of aliphatic hydroxyl groups is 1. The molecule has 31 heavy (non-hydrogen) atoms. The molecule has 0 heterocycles. The Morgan fingerprint density at radius 1 is 1.00 bits per heavy atom. The van der Waals surface area contributed by atoms with E-state index in [1.54, 1.807) is 0 Å². The first-order valence-electron chi connectivity index (χ1n) is 13.4. The van der Waals surface area contributed by atoms with E-state index in [1.165, 1.54) is 57.8 Å². The van der Waals surface area contributed by atoms with Crippen molar-refractivity contribution in [3.63, 3.8) is 0 Å². The van der Waals surface area contributed by atoms with Gasteiger partial charge in [0.1, 0.15) is 0 Å². The Morgan fingerprint density at radius 2 is 1.74 bits per heavy atom. The SMILES string of the molecule is CC(C)CCCC(C)[C@H]1CC[C@H]2[C@@H]3CCC4CC(O)[C@@H](N=[N+]=[N-])C[C@]4(C)[C@H]3CC[C@]12C. The van der Waals surface area contributed by atoms with E-state index < -0.39 is 6.10 Å². The molecule has 0 aromatic heterocycles. The number of azide groups is 1. The van der Waals surface area contributed by atoms with E-state index >= 15 is 0 Å². The largest absolute Gasteiger partial charge is 0.393 e. The standard InChI is InChI=1S/C27H47N3O/c1-17(2)7-6-8-18(3)21-11-12-22-20-10-9-19-15-25(31)24(29-30-28)16-27(19,5)23(20)13-14-26(21,22)4/h17-25,31H,6-16H2,1-5H3/t18?,19?,20-,21+,22-,23-,24-,25?,26+,27-/m0/s1. The summed E-state index contributed by atoms with van der Waals surface area (Å²) in [5.41, 5.74) is 9.79. The molecule has 0 radical (unpaired) electrons. The van der Waals surface area contributed by atoms with Crippen LogP contribution in [0.25, 0.3) is 10.4 Å². The number of rotatable bonds is 6. The molecule has 4 nitrogen and oxygen atoms in total. The normalized spacial score (nSPS) is 47.8. The minimum absolute atomic E-state index is 0.226. The smallest absolute Gasteiger partial charge is 0.0639 e. The van der Waals surface area contributed by atoms with Crippen molar-refractivity contribution in [2.24, 2.45) is 57.4 Å². The maximum atomic E-state index is 10.6. The van der Waals surface area contributed by atoms with Crippen molar-refractivity contribution in [1.29, 1.82) is 0 Å². The highest BCUT2D eigenvalue weighted by Crippen LogP contribution is 2.68. The molecule has 4 heteroatoms. The van der Waals surface area contributed by atoms with Gasteiger partial charge in [0.2, 0.25) is 0 Å². The molecule has 4 aliphatic carbocycles. The van der Waals surface area contributed by atoms with Crippen LogP contribution in [-0.2, 0) is 0 Å². The third-order valence-corrected chi connectivity index (χ3v) is 11.1. The van der Waals surface area contributed by atoms with Gasteiger partial charge in [-0.2, -0.15) is 0 Å². The number of fused-ring (bicyclic) bond motifs is 5. The summed E-state index contributed by atoms with van der Waals surface area (Å²) in [6, 6.07) is -0.226. The summed E-state index contributed by atoms with van der Waals surface area (Å²) in [5.74, 6) is 5.67. The minimum atomic E-state index is -0.443. The van der Waals surface area contributed by atoms with Gasteiger partial charge in [-0.15, -0.1) is 0 Å². The zero-order valence-electron chi connectivity index (χ0n) is 20.8. The molecular weight excluding hydrogens is 382 g/mol. The van der Waals surface area contributed by atoms with Crippen molar-refractivity contribution in [2.75, 3.05) is 0 Å². The van der Waals surface area contributed by atoms with Crippen LogP contribution in [-0.4, -0.2) is 17.3 Å². The molecule has 0 bridgehead atoms. The van der Waals surface area contributed by atoms with Crippen LogP contribution in [0.15, 0.2) is 5.11 Å². The van der Waals surface area contributed by atoms with Gasteiger partial charge in [0.25, 0.3) is 0 Å². The monoisotopic (exact) mass is 429 g/mol. The zero-order chi connectivity index (χ0) is 22.4. The third kappa shape index (κ3) is 4.05. The topological polar surface area (TPSA) is 69.0 Å². The fourth-order valence-electron chi connectivity index (χ4n) is 9.48. The van der Waals surface area contributed by atoms with Crippen molar-refractivity contribution >= 4 is 0 Å². The molecule has 4 aliphatic rings. The van der Waals surface area contributed by atoms with Crippen LogP contribution in [0.2, 0.25) is 0 Å². The lowest BCUT2D eigenvalue weighted by atomic mass is 9.44. The van der Waals surface area contributed by atoms with E-state index in [0.29, 0.717) is 11.3 Å². The predicted octanol–water partition coefficient (Wildman–Crippen LogP) is 7.76. The molecule has 0 amide bonds. The fraction of sp³-hybridized carbons (Fsp3) is 1.00. The van der Waals surface area contributed by atoms with Crippen molar-refractivity contribution in [1.82, 2.24) is 0 Å². The van der Waals surface area contributed by atoms with Gasteiger partial charge in [-0.3, -0.25) is 0 Å². The molecule has 0 aromatic rings. The van der Waals surface area contributed by atoms with Gasteiger partial charge in [0, 0.05) is 4.91 Å². The van der Waals surface area contributed by atoms with Crippen LogP contribution in [0.3, 0.4) is 0 Å². The zero-order valence-corrected chi connectivity index (χ0v) is 20.8. The molecule has 3 unspecified atom stereocenters.